The van der Waals surface area contributed by atoms with E-state index in [1.165, 1.54) is 11.8 Å². The summed E-state index contributed by atoms with van der Waals surface area (Å²) in [4.78, 5) is 31.3. The number of para-hydroxylation sites is 2. The second-order valence-corrected chi connectivity index (χ2v) is 9.09. The Hall–Kier alpha value is -3.72. The molecular weight excluding hydrogens is 424 g/mol. The maximum absolute atomic E-state index is 12.9. The quantitative estimate of drug-likeness (QED) is 0.458. The van der Waals surface area contributed by atoms with E-state index in [0.29, 0.717) is 36.4 Å². The van der Waals surface area contributed by atoms with Gasteiger partial charge in [0.15, 0.2) is 4.87 Å². The van der Waals surface area contributed by atoms with E-state index in [1.54, 1.807) is 23.2 Å². The molecule has 32 heavy (non-hydrogen) atoms. The lowest BCUT2D eigenvalue weighted by Crippen LogP contribution is -2.47. The number of thioether (sulfide) groups is 1. The minimum absolute atomic E-state index is 0.218. The van der Waals surface area contributed by atoms with Crippen LogP contribution in [0.1, 0.15) is 12.0 Å². The van der Waals surface area contributed by atoms with Gasteiger partial charge in [-0.05, 0) is 18.2 Å². The van der Waals surface area contributed by atoms with Crippen LogP contribution in [0.25, 0.3) is 10.9 Å². The van der Waals surface area contributed by atoms with Crippen LogP contribution in [-0.4, -0.2) is 34.9 Å². The number of primary amides is 1. The number of fused-ring (bicyclic) bond motifs is 1. The summed E-state index contributed by atoms with van der Waals surface area (Å²) >= 11 is 1.33. The second kappa shape index (κ2) is 7.76. The van der Waals surface area contributed by atoms with Crippen molar-refractivity contribution >= 4 is 46.0 Å². The number of carbonyl (C=O) groups is 2. The maximum atomic E-state index is 12.9. The minimum atomic E-state index is -1.18. The van der Waals surface area contributed by atoms with Crippen LogP contribution in [0.4, 0.5) is 16.2 Å². The molecule has 6 N–H and O–H groups in total. The van der Waals surface area contributed by atoms with Gasteiger partial charge in [0.2, 0.25) is 0 Å². The SMILES string of the molecule is NC(=O)C1(c2ccccc2N)NC2=C(CN(C(=O)Nc3cnc4ccccc4c3)CC2)S1. The van der Waals surface area contributed by atoms with Crippen molar-refractivity contribution < 1.29 is 9.59 Å². The van der Waals surface area contributed by atoms with Crippen molar-refractivity contribution in [3.63, 3.8) is 0 Å². The number of nitrogen functional groups attached to an aromatic ring is 1. The van der Waals surface area contributed by atoms with Crippen LogP contribution >= 0.6 is 11.8 Å². The fourth-order valence-corrected chi connectivity index (χ4v) is 5.52. The smallest absolute Gasteiger partial charge is 0.322 e. The molecule has 1 atom stereocenters. The summed E-state index contributed by atoms with van der Waals surface area (Å²) in [6.07, 6.45) is 2.24. The number of nitrogens with one attached hydrogen (secondary N) is 2. The number of benzene rings is 2. The number of carbonyl (C=O) groups excluding carboxylic acids is 2. The van der Waals surface area contributed by atoms with Crippen molar-refractivity contribution in [3.8, 4) is 0 Å². The van der Waals surface area contributed by atoms with Gasteiger partial charge in [-0.25, -0.2) is 4.79 Å². The molecule has 5 rings (SSSR count). The number of amides is 3. The van der Waals surface area contributed by atoms with Crippen molar-refractivity contribution in [1.29, 1.82) is 0 Å². The van der Waals surface area contributed by atoms with Crippen LogP contribution in [0.15, 0.2) is 71.4 Å². The van der Waals surface area contributed by atoms with E-state index in [1.807, 2.05) is 42.5 Å². The highest BCUT2D eigenvalue weighted by Gasteiger charge is 2.48. The molecular formula is C23H22N6O2S. The number of hydrogen-bond donors (Lipinski definition) is 4. The molecule has 2 aromatic carbocycles. The number of nitrogens with two attached hydrogens (primary N) is 2. The average molecular weight is 447 g/mol. The Bertz CT molecular complexity index is 1280. The standard InChI is InChI=1S/C23H22N6O2S/c24-17-7-3-2-6-16(17)23(21(25)30)28-19-9-10-29(13-20(19)32-23)22(31)27-15-11-14-5-1-4-8-18(14)26-12-15/h1-8,11-12,28H,9-10,13,24H2,(H2,25,30)(H,27,31). The lowest BCUT2D eigenvalue weighted by atomic mass is 10.0. The van der Waals surface area contributed by atoms with E-state index in [-0.39, 0.29) is 6.03 Å². The molecule has 2 aliphatic rings. The van der Waals surface area contributed by atoms with Gasteiger partial charge in [0.05, 0.1) is 23.9 Å². The molecule has 8 nitrogen and oxygen atoms in total. The van der Waals surface area contributed by atoms with Crippen LogP contribution in [0.3, 0.4) is 0 Å². The highest BCUT2D eigenvalue weighted by Crippen LogP contribution is 2.49. The summed E-state index contributed by atoms with van der Waals surface area (Å²) < 4.78 is 0. The Labute approximate surface area is 189 Å². The predicted octanol–water partition coefficient (Wildman–Crippen LogP) is 2.94. The van der Waals surface area contributed by atoms with Crippen molar-refractivity contribution in [2.75, 3.05) is 24.1 Å². The molecule has 2 aliphatic heterocycles. The summed E-state index contributed by atoms with van der Waals surface area (Å²) in [6, 6.07) is 16.6. The number of anilines is 2. The molecule has 0 fully saturated rings. The molecule has 9 heteroatoms. The molecule has 0 saturated heterocycles. The third-order valence-electron chi connectivity index (χ3n) is 5.72. The molecule has 3 amide bonds. The minimum Gasteiger partial charge on any atom is -0.398 e. The molecule has 0 spiro atoms. The third kappa shape index (κ3) is 3.40. The normalized spacial score (nSPS) is 20.1. The lowest BCUT2D eigenvalue weighted by Gasteiger charge is -2.28. The zero-order valence-corrected chi connectivity index (χ0v) is 18.0. The van der Waals surface area contributed by atoms with E-state index in [0.717, 1.165) is 21.5 Å². The number of pyridine rings is 1. The van der Waals surface area contributed by atoms with Crippen molar-refractivity contribution in [2.24, 2.45) is 5.73 Å². The van der Waals surface area contributed by atoms with Gasteiger partial charge in [0.1, 0.15) is 0 Å². The fraction of sp³-hybridized carbons (Fsp3) is 0.174. The first-order valence-electron chi connectivity index (χ1n) is 10.2. The van der Waals surface area contributed by atoms with Crippen molar-refractivity contribution in [3.05, 3.63) is 77.0 Å². The molecule has 162 valence electrons. The summed E-state index contributed by atoms with van der Waals surface area (Å²) in [5.41, 5.74) is 15.5. The topological polar surface area (TPSA) is 126 Å². The first kappa shape index (κ1) is 20.2. The highest BCUT2D eigenvalue weighted by molar-refractivity contribution is 8.05. The molecule has 3 heterocycles. The van der Waals surface area contributed by atoms with E-state index >= 15 is 0 Å². The molecule has 3 aromatic rings. The average Bonchev–Trinajstić information content (AvgIpc) is 3.19. The summed E-state index contributed by atoms with van der Waals surface area (Å²) in [6.45, 7) is 0.889. The Morgan fingerprint density at radius 1 is 1.16 bits per heavy atom. The monoisotopic (exact) mass is 446 g/mol. The number of hydrogen-bond acceptors (Lipinski definition) is 6. The third-order valence-corrected chi connectivity index (χ3v) is 7.17. The van der Waals surface area contributed by atoms with Gasteiger partial charge in [-0.3, -0.25) is 9.78 Å². The number of aromatic nitrogens is 1. The maximum Gasteiger partial charge on any atom is 0.322 e. The number of nitrogens with zero attached hydrogens (tertiary/aromatic N) is 2. The fourth-order valence-electron chi connectivity index (χ4n) is 4.08. The van der Waals surface area contributed by atoms with Crippen LogP contribution in [0.5, 0.6) is 0 Å². The van der Waals surface area contributed by atoms with E-state index in [9.17, 15) is 9.59 Å². The van der Waals surface area contributed by atoms with Gasteiger partial charge in [-0.15, -0.1) is 0 Å². The van der Waals surface area contributed by atoms with Gasteiger partial charge in [0.25, 0.3) is 5.91 Å². The highest BCUT2D eigenvalue weighted by atomic mass is 32.2. The van der Waals surface area contributed by atoms with Crippen LogP contribution < -0.4 is 22.1 Å². The van der Waals surface area contributed by atoms with E-state index in [4.69, 9.17) is 11.5 Å². The Morgan fingerprint density at radius 3 is 2.75 bits per heavy atom. The van der Waals surface area contributed by atoms with Gasteiger partial charge < -0.3 is 27.0 Å². The van der Waals surface area contributed by atoms with Crippen molar-refractivity contribution in [1.82, 2.24) is 15.2 Å². The number of rotatable bonds is 3. The zero-order chi connectivity index (χ0) is 22.3. The van der Waals surface area contributed by atoms with Crippen LogP contribution in [-0.2, 0) is 9.67 Å². The van der Waals surface area contributed by atoms with Gasteiger partial charge >= 0.3 is 6.03 Å². The van der Waals surface area contributed by atoms with Gasteiger partial charge in [-0.1, -0.05) is 48.2 Å². The molecule has 0 radical (unpaired) electrons. The second-order valence-electron chi connectivity index (χ2n) is 7.78. The van der Waals surface area contributed by atoms with Crippen LogP contribution in [0.2, 0.25) is 0 Å². The Kier molecular flexibility index (Phi) is 4.90. The molecule has 1 unspecified atom stereocenters. The molecule has 0 bridgehead atoms. The first-order valence-corrected chi connectivity index (χ1v) is 11.0. The zero-order valence-electron chi connectivity index (χ0n) is 17.2. The van der Waals surface area contributed by atoms with E-state index < -0.39 is 10.8 Å². The molecule has 0 aliphatic carbocycles. The lowest BCUT2D eigenvalue weighted by molar-refractivity contribution is -0.121. The summed E-state index contributed by atoms with van der Waals surface area (Å²) in [5, 5.41) is 7.20. The largest absolute Gasteiger partial charge is 0.398 e. The van der Waals surface area contributed by atoms with E-state index in [2.05, 4.69) is 15.6 Å². The Morgan fingerprint density at radius 2 is 1.94 bits per heavy atom. The summed E-state index contributed by atoms with van der Waals surface area (Å²) in [5.74, 6) is -0.520. The Balaban J connectivity index is 1.33. The van der Waals surface area contributed by atoms with Crippen LogP contribution in [0, 0.1) is 0 Å². The van der Waals surface area contributed by atoms with Crippen molar-refractivity contribution in [2.45, 2.75) is 11.3 Å². The molecule has 1 aromatic heterocycles. The first-order chi connectivity index (χ1) is 15.5. The molecule has 0 saturated carbocycles. The summed E-state index contributed by atoms with van der Waals surface area (Å²) in [7, 11) is 0. The van der Waals surface area contributed by atoms with Gasteiger partial charge in [0, 0.05) is 40.2 Å². The number of urea groups is 1. The van der Waals surface area contributed by atoms with Gasteiger partial charge in [-0.2, -0.15) is 0 Å². The predicted molar refractivity (Wildman–Crippen MR) is 126 cm³/mol.